The van der Waals surface area contributed by atoms with Crippen molar-refractivity contribution >= 4 is 34.9 Å². The van der Waals surface area contributed by atoms with Crippen LogP contribution in [-0.4, -0.2) is 50.4 Å². The van der Waals surface area contributed by atoms with Crippen LogP contribution in [-0.2, 0) is 19.1 Å². The lowest BCUT2D eigenvalue weighted by Crippen LogP contribution is -2.39. The molecule has 0 spiro atoms. The molecular weight excluding hydrogens is 402 g/mol. The maximum Gasteiger partial charge on any atom is 0.355 e. The molecule has 2 aliphatic rings. The van der Waals surface area contributed by atoms with Crippen molar-refractivity contribution in [1.29, 1.82) is 0 Å². The molecule has 1 saturated heterocycles. The zero-order chi connectivity index (χ0) is 22.1. The normalized spacial score (nSPS) is 19.9. The number of carbonyl (C=O) groups excluding carboxylic acids is 3. The molecular formula is C22H21N3O6. The van der Waals surface area contributed by atoms with Crippen molar-refractivity contribution in [2.24, 2.45) is 11.0 Å². The Labute approximate surface area is 178 Å². The molecule has 4 rings (SSSR count). The minimum absolute atomic E-state index is 0.0987. The van der Waals surface area contributed by atoms with E-state index in [1.807, 2.05) is 0 Å². The lowest BCUT2D eigenvalue weighted by atomic mass is 9.97. The fourth-order valence-corrected chi connectivity index (χ4v) is 3.79. The number of nitrogens with zero attached hydrogens (tertiary/aromatic N) is 3. The number of rotatable bonds is 6. The fourth-order valence-electron chi connectivity index (χ4n) is 3.79. The van der Waals surface area contributed by atoms with E-state index in [1.54, 1.807) is 62.6 Å². The molecule has 2 aromatic carbocycles. The van der Waals surface area contributed by atoms with Crippen molar-refractivity contribution in [2.45, 2.75) is 13.0 Å². The fraction of sp³-hybridized carbons (Fsp3) is 0.273. The van der Waals surface area contributed by atoms with E-state index < -0.39 is 29.7 Å². The van der Waals surface area contributed by atoms with Gasteiger partial charge in [-0.3, -0.25) is 14.6 Å². The summed E-state index contributed by atoms with van der Waals surface area (Å²) < 4.78 is 15.6. The number of hydrogen-bond acceptors (Lipinski definition) is 8. The second kappa shape index (κ2) is 8.10. The Morgan fingerprint density at radius 1 is 1.00 bits per heavy atom. The van der Waals surface area contributed by atoms with E-state index in [-0.39, 0.29) is 12.3 Å². The molecule has 0 radical (unpaired) electrons. The number of methoxy groups -OCH3 is 2. The van der Waals surface area contributed by atoms with E-state index in [0.29, 0.717) is 22.9 Å². The highest BCUT2D eigenvalue weighted by Crippen LogP contribution is 2.40. The van der Waals surface area contributed by atoms with Crippen LogP contribution in [0.1, 0.15) is 6.92 Å². The van der Waals surface area contributed by atoms with Gasteiger partial charge in [0.15, 0.2) is 5.71 Å². The molecule has 2 amide bonds. The largest absolute Gasteiger partial charge is 0.497 e. The van der Waals surface area contributed by atoms with Crippen molar-refractivity contribution in [3.8, 4) is 11.5 Å². The van der Waals surface area contributed by atoms with Crippen molar-refractivity contribution in [2.75, 3.05) is 30.7 Å². The average molecular weight is 423 g/mol. The van der Waals surface area contributed by atoms with Crippen LogP contribution in [0.15, 0.2) is 53.6 Å². The van der Waals surface area contributed by atoms with Gasteiger partial charge in [-0.1, -0.05) is 12.1 Å². The van der Waals surface area contributed by atoms with Gasteiger partial charge in [-0.25, -0.2) is 9.69 Å². The molecule has 2 aromatic rings. The van der Waals surface area contributed by atoms with Crippen LogP contribution in [0.4, 0.5) is 11.4 Å². The van der Waals surface area contributed by atoms with Gasteiger partial charge in [0.05, 0.1) is 32.2 Å². The molecule has 9 heteroatoms. The van der Waals surface area contributed by atoms with Gasteiger partial charge in [-0.05, 0) is 43.3 Å². The van der Waals surface area contributed by atoms with Gasteiger partial charge >= 0.3 is 5.97 Å². The summed E-state index contributed by atoms with van der Waals surface area (Å²) in [5.41, 5.74) is 0.754. The summed E-state index contributed by atoms with van der Waals surface area (Å²) in [5, 5.41) is 5.72. The zero-order valence-electron chi connectivity index (χ0n) is 17.3. The van der Waals surface area contributed by atoms with Crippen LogP contribution >= 0.6 is 0 Å². The standard InChI is InChI=1S/C22H21N3O6/c1-4-31-22(28)18-17-19(25(23-18)13-9-11-14(29-2)12-10-13)21(27)24(20(17)26)15-7-5-6-8-16(15)30-3/h5-12,17,19H,4H2,1-3H3/t17-,19+/m1/s1. The van der Waals surface area contributed by atoms with Crippen LogP contribution in [0, 0.1) is 5.92 Å². The van der Waals surface area contributed by atoms with Gasteiger partial charge in [0.25, 0.3) is 5.91 Å². The summed E-state index contributed by atoms with van der Waals surface area (Å²) in [5.74, 6) is -1.87. The predicted molar refractivity (Wildman–Crippen MR) is 112 cm³/mol. The molecule has 31 heavy (non-hydrogen) atoms. The van der Waals surface area contributed by atoms with E-state index in [9.17, 15) is 14.4 Å². The predicted octanol–water partition coefficient (Wildman–Crippen LogP) is 2.00. The number of hydrogen-bond donors (Lipinski definition) is 0. The summed E-state index contributed by atoms with van der Waals surface area (Å²) in [6.07, 6.45) is 0. The number of carbonyl (C=O) groups is 3. The molecule has 2 heterocycles. The van der Waals surface area contributed by atoms with E-state index in [4.69, 9.17) is 14.2 Å². The van der Waals surface area contributed by atoms with Crippen molar-refractivity contribution < 1.29 is 28.6 Å². The maximum atomic E-state index is 13.5. The number of hydrazone groups is 1. The first-order valence-electron chi connectivity index (χ1n) is 9.71. The van der Waals surface area contributed by atoms with E-state index in [0.717, 1.165) is 4.90 Å². The number of para-hydroxylation sites is 2. The Kier molecular flexibility index (Phi) is 5.33. The molecule has 160 valence electrons. The third-order valence-corrected chi connectivity index (χ3v) is 5.20. The number of ether oxygens (including phenoxy) is 3. The number of amides is 2. The Morgan fingerprint density at radius 2 is 1.71 bits per heavy atom. The Balaban J connectivity index is 1.79. The highest BCUT2D eigenvalue weighted by Gasteiger charge is 2.59. The molecule has 0 N–H and O–H groups in total. The first kappa shape index (κ1) is 20.4. The van der Waals surface area contributed by atoms with Crippen LogP contribution in [0.5, 0.6) is 11.5 Å². The smallest absolute Gasteiger partial charge is 0.355 e. The van der Waals surface area contributed by atoms with Crippen LogP contribution in [0.2, 0.25) is 0 Å². The van der Waals surface area contributed by atoms with Crippen LogP contribution in [0.3, 0.4) is 0 Å². The summed E-state index contributed by atoms with van der Waals surface area (Å²) in [7, 11) is 3.00. The topological polar surface area (TPSA) is 97.7 Å². The molecule has 1 fully saturated rings. The Hall–Kier alpha value is -3.88. The molecule has 0 aromatic heterocycles. The summed E-state index contributed by atoms with van der Waals surface area (Å²) in [6, 6.07) is 12.5. The number of fused-ring (bicyclic) bond motifs is 1. The van der Waals surface area contributed by atoms with E-state index in [1.165, 1.54) is 12.1 Å². The Morgan fingerprint density at radius 3 is 2.35 bits per heavy atom. The van der Waals surface area contributed by atoms with Gasteiger partial charge in [-0.15, -0.1) is 0 Å². The second-order valence-corrected chi connectivity index (χ2v) is 6.85. The second-order valence-electron chi connectivity index (χ2n) is 6.85. The van der Waals surface area contributed by atoms with Crippen LogP contribution in [0.25, 0.3) is 0 Å². The third kappa shape index (κ3) is 3.27. The summed E-state index contributed by atoms with van der Waals surface area (Å²) in [6.45, 7) is 1.78. The first-order chi connectivity index (χ1) is 15.0. The molecule has 0 bridgehead atoms. The first-order valence-corrected chi connectivity index (χ1v) is 9.71. The van der Waals surface area contributed by atoms with Gasteiger partial charge in [0, 0.05) is 0 Å². The quantitative estimate of drug-likeness (QED) is 0.518. The van der Waals surface area contributed by atoms with Crippen molar-refractivity contribution in [1.82, 2.24) is 0 Å². The third-order valence-electron chi connectivity index (χ3n) is 5.20. The summed E-state index contributed by atoms with van der Waals surface area (Å²) >= 11 is 0. The molecule has 2 atom stereocenters. The van der Waals surface area contributed by atoms with Gasteiger partial charge in [0.2, 0.25) is 5.91 Å². The lowest BCUT2D eigenvalue weighted by molar-refractivity contribution is -0.136. The maximum absolute atomic E-state index is 13.5. The Bertz CT molecular complexity index is 1070. The number of imide groups is 1. The monoisotopic (exact) mass is 423 g/mol. The zero-order valence-corrected chi connectivity index (χ0v) is 17.3. The van der Waals surface area contributed by atoms with Crippen LogP contribution < -0.4 is 19.4 Å². The number of esters is 1. The SMILES string of the molecule is CCOC(=O)C1=NN(c2ccc(OC)cc2)[C@@H]2C(=O)N(c3ccccc3OC)C(=O)[C@H]12. The number of benzene rings is 2. The number of anilines is 2. The molecule has 2 aliphatic heterocycles. The summed E-state index contributed by atoms with van der Waals surface area (Å²) in [4.78, 5) is 40.5. The highest BCUT2D eigenvalue weighted by atomic mass is 16.5. The molecule has 0 saturated carbocycles. The van der Waals surface area contributed by atoms with Crippen molar-refractivity contribution in [3.05, 3.63) is 48.5 Å². The average Bonchev–Trinajstić information content (AvgIpc) is 3.31. The molecule has 0 aliphatic carbocycles. The lowest BCUT2D eigenvalue weighted by Gasteiger charge is -2.23. The molecule has 0 unspecified atom stereocenters. The van der Waals surface area contributed by atoms with E-state index in [2.05, 4.69) is 5.10 Å². The van der Waals surface area contributed by atoms with Crippen molar-refractivity contribution in [3.63, 3.8) is 0 Å². The van der Waals surface area contributed by atoms with E-state index >= 15 is 0 Å². The minimum atomic E-state index is -1.08. The van der Waals surface area contributed by atoms with Gasteiger partial charge in [-0.2, -0.15) is 5.10 Å². The van der Waals surface area contributed by atoms with Gasteiger partial charge < -0.3 is 14.2 Å². The minimum Gasteiger partial charge on any atom is -0.497 e. The highest BCUT2D eigenvalue weighted by molar-refractivity contribution is 6.47. The van der Waals surface area contributed by atoms with Gasteiger partial charge in [0.1, 0.15) is 23.5 Å². The molecule has 9 nitrogen and oxygen atoms in total.